The highest BCUT2D eigenvalue weighted by atomic mass is 35.5. The molecule has 3 rings (SSSR count). The molecular formula is C19H14ClF2N3O. The third kappa shape index (κ3) is 4.15. The fraction of sp³-hybridized carbons (Fsp3) is 0.0526. The maximum Gasteiger partial charge on any atom is 0.255 e. The number of amides is 1. The van der Waals surface area contributed by atoms with E-state index in [-0.39, 0.29) is 5.56 Å². The number of hydrogen-bond acceptors (Lipinski definition) is 3. The highest BCUT2D eigenvalue weighted by Crippen LogP contribution is 2.23. The summed E-state index contributed by atoms with van der Waals surface area (Å²) in [4.78, 5) is 16.3. The molecule has 0 bridgehead atoms. The van der Waals surface area contributed by atoms with Crippen LogP contribution in [0.4, 0.5) is 26.0 Å². The molecule has 0 aliphatic rings. The molecule has 0 spiro atoms. The van der Waals surface area contributed by atoms with Crippen LogP contribution in [0.2, 0.25) is 5.02 Å². The number of pyridine rings is 1. The van der Waals surface area contributed by atoms with Crippen LogP contribution in [0, 0.1) is 18.6 Å². The maximum absolute atomic E-state index is 13.2. The first-order valence-electron chi connectivity index (χ1n) is 7.68. The topological polar surface area (TPSA) is 54.0 Å². The van der Waals surface area contributed by atoms with Gasteiger partial charge in [0.25, 0.3) is 5.91 Å². The zero-order valence-corrected chi connectivity index (χ0v) is 14.4. The number of carbonyl (C=O) groups is 1. The van der Waals surface area contributed by atoms with E-state index in [4.69, 9.17) is 11.6 Å². The molecule has 7 heteroatoms. The van der Waals surface area contributed by atoms with Crippen LogP contribution < -0.4 is 10.6 Å². The van der Waals surface area contributed by atoms with Crippen molar-refractivity contribution in [2.24, 2.45) is 0 Å². The van der Waals surface area contributed by atoms with Gasteiger partial charge in [0.15, 0.2) is 11.6 Å². The van der Waals surface area contributed by atoms with E-state index in [1.165, 1.54) is 12.3 Å². The van der Waals surface area contributed by atoms with Gasteiger partial charge in [-0.2, -0.15) is 0 Å². The Morgan fingerprint density at radius 2 is 1.85 bits per heavy atom. The Morgan fingerprint density at radius 1 is 1.04 bits per heavy atom. The number of aryl methyl sites for hydroxylation is 1. The van der Waals surface area contributed by atoms with Crippen molar-refractivity contribution in [2.45, 2.75) is 6.92 Å². The van der Waals surface area contributed by atoms with Gasteiger partial charge in [-0.25, -0.2) is 13.8 Å². The lowest BCUT2D eigenvalue weighted by atomic mass is 10.2. The Labute approximate surface area is 153 Å². The molecule has 4 nitrogen and oxygen atoms in total. The first-order chi connectivity index (χ1) is 12.4. The van der Waals surface area contributed by atoms with Crippen LogP contribution in [0.1, 0.15) is 15.9 Å². The van der Waals surface area contributed by atoms with Crippen molar-refractivity contribution in [2.75, 3.05) is 10.6 Å². The molecule has 132 valence electrons. The Balaban J connectivity index is 1.69. The standard InChI is InChI=1S/C19H14ClF2N3O/c1-11-8-13(20)3-6-17(11)25-18-7-4-14(10-23-18)24-19(26)12-2-5-15(21)16(22)9-12/h2-10H,1H3,(H,23,25)(H,24,26). The fourth-order valence-corrected chi connectivity index (χ4v) is 2.51. The molecule has 1 amide bonds. The molecule has 0 unspecified atom stereocenters. The molecule has 0 aliphatic heterocycles. The molecule has 3 aromatic rings. The summed E-state index contributed by atoms with van der Waals surface area (Å²) in [6, 6.07) is 11.8. The Bertz CT molecular complexity index is 961. The smallest absolute Gasteiger partial charge is 0.255 e. The molecule has 0 fully saturated rings. The third-order valence-electron chi connectivity index (χ3n) is 3.65. The summed E-state index contributed by atoms with van der Waals surface area (Å²) in [5.74, 6) is -2.05. The van der Waals surface area contributed by atoms with Crippen LogP contribution in [0.5, 0.6) is 0 Å². The summed E-state index contributed by atoms with van der Waals surface area (Å²) in [6.45, 7) is 1.92. The summed E-state index contributed by atoms with van der Waals surface area (Å²) in [6.07, 6.45) is 1.46. The summed E-state index contributed by atoms with van der Waals surface area (Å²) < 4.78 is 26.1. The average Bonchev–Trinajstić information content (AvgIpc) is 2.61. The summed E-state index contributed by atoms with van der Waals surface area (Å²) in [5, 5.41) is 6.38. The number of nitrogens with zero attached hydrogens (tertiary/aromatic N) is 1. The van der Waals surface area contributed by atoms with Gasteiger partial charge in [-0.05, 0) is 61.0 Å². The molecule has 0 aliphatic carbocycles. The second kappa shape index (κ2) is 7.49. The lowest BCUT2D eigenvalue weighted by molar-refractivity contribution is 0.102. The summed E-state index contributed by atoms with van der Waals surface area (Å²) in [7, 11) is 0. The highest BCUT2D eigenvalue weighted by molar-refractivity contribution is 6.30. The van der Waals surface area contributed by atoms with Gasteiger partial charge in [-0.15, -0.1) is 0 Å². The molecular weight excluding hydrogens is 360 g/mol. The minimum atomic E-state index is -1.08. The Kier molecular flexibility index (Phi) is 5.14. The quantitative estimate of drug-likeness (QED) is 0.651. The molecule has 26 heavy (non-hydrogen) atoms. The van der Waals surface area contributed by atoms with Gasteiger partial charge >= 0.3 is 0 Å². The number of anilines is 3. The maximum atomic E-state index is 13.2. The number of carbonyl (C=O) groups excluding carboxylic acids is 1. The minimum Gasteiger partial charge on any atom is -0.340 e. The molecule has 1 heterocycles. The lowest BCUT2D eigenvalue weighted by Crippen LogP contribution is -2.12. The molecule has 2 N–H and O–H groups in total. The number of hydrogen-bond donors (Lipinski definition) is 2. The van der Waals surface area contributed by atoms with Crippen LogP contribution in [0.3, 0.4) is 0 Å². The first kappa shape index (κ1) is 17.8. The number of aromatic nitrogens is 1. The fourth-order valence-electron chi connectivity index (χ4n) is 2.29. The predicted octanol–water partition coefficient (Wildman–Crippen LogP) is 5.32. The van der Waals surface area contributed by atoms with Gasteiger partial charge in [-0.1, -0.05) is 11.6 Å². The van der Waals surface area contributed by atoms with Crippen molar-refractivity contribution in [1.82, 2.24) is 4.98 Å². The van der Waals surface area contributed by atoms with Crippen molar-refractivity contribution in [3.8, 4) is 0 Å². The van der Waals surface area contributed by atoms with Gasteiger partial charge in [0.1, 0.15) is 5.82 Å². The van der Waals surface area contributed by atoms with Gasteiger partial charge in [0.05, 0.1) is 11.9 Å². The molecule has 1 aromatic heterocycles. The Morgan fingerprint density at radius 3 is 2.50 bits per heavy atom. The van der Waals surface area contributed by atoms with Crippen LogP contribution in [0.25, 0.3) is 0 Å². The monoisotopic (exact) mass is 373 g/mol. The van der Waals surface area contributed by atoms with Gasteiger partial charge in [-0.3, -0.25) is 4.79 Å². The number of benzene rings is 2. The van der Waals surface area contributed by atoms with Gasteiger partial charge in [0.2, 0.25) is 0 Å². The van der Waals surface area contributed by atoms with E-state index in [0.29, 0.717) is 16.5 Å². The molecule has 0 atom stereocenters. The SMILES string of the molecule is Cc1cc(Cl)ccc1Nc1ccc(NC(=O)c2ccc(F)c(F)c2)cn1. The highest BCUT2D eigenvalue weighted by Gasteiger charge is 2.10. The molecule has 0 saturated carbocycles. The van der Waals surface area contributed by atoms with Crippen molar-refractivity contribution < 1.29 is 13.6 Å². The Hall–Kier alpha value is -2.99. The second-order valence-corrected chi connectivity index (χ2v) is 6.04. The molecule has 2 aromatic carbocycles. The van der Waals surface area contributed by atoms with Gasteiger partial charge < -0.3 is 10.6 Å². The normalized spacial score (nSPS) is 10.5. The van der Waals surface area contributed by atoms with Crippen LogP contribution in [-0.2, 0) is 0 Å². The number of halogens is 3. The first-order valence-corrected chi connectivity index (χ1v) is 8.06. The zero-order valence-electron chi connectivity index (χ0n) is 13.7. The lowest BCUT2D eigenvalue weighted by Gasteiger charge is -2.10. The van der Waals surface area contributed by atoms with Crippen molar-refractivity contribution >= 4 is 34.7 Å². The minimum absolute atomic E-state index is 0.0166. The van der Waals surface area contributed by atoms with Crippen molar-refractivity contribution in [3.63, 3.8) is 0 Å². The van der Waals surface area contributed by atoms with E-state index in [1.807, 2.05) is 19.1 Å². The van der Waals surface area contributed by atoms with E-state index in [2.05, 4.69) is 15.6 Å². The largest absolute Gasteiger partial charge is 0.340 e. The van der Waals surface area contributed by atoms with E-state index >= 15 is 0 Å². The van der Waals surface area contributed by atoms with E-state index in [0.717, 1.165) is 23.4 Å². The van der Waals surface area contributed by atoms with Crippen LogP contribution in [-0.4, -0.2) is 10.9 Å². The third-order valence-corrected chi connectivity index (χ3v) is 3.89. The molecule has 0 radical (unpaired) electrons. The zero-order chi connectivity index (χ0) is 18.7. The summed E-state index contributed by atoms with van der Waals surface area (Å²) >= 11 is 5.93. The van der Waals surface area contributed by atoms with Crippen molar-refractivity contribution in [3.05, 3.63) is 82.5 Å². The van der Waals surface area contributed by atoms with E-state index < -0.39 is 17.5 Å². The van der Waals surface area contributed by atoms with Crippen LogP contribution >= 0.6 is 11.6 Å². The van der Waals surface area contributed by atoms with Crippen LogP contribution in [0.15, 0.2) is 54.7 Å². The summed E-state index contributed by atoms with van der Waals surface area (Å²) in [5.41, 5.74) is 2.27. The predicted molar refractivity (Wildman–Crippen MR) is 98.0 cm³/mol. The van der Waals surface area contributed by atoms with E-state index in [9.17, 15) is 13.6 Å². The average molecular weight is 374 g/mol. The van der Waals surface area contributed by atoms with Crippen molar-refractivity contribution in [1.29, 1.82) is 0 Å². The number of rotatable bonds is 4. The second-order valence-electron chi connectivity index (χ2n) is 5.60. The van der Waals surface area contributed by atoms with E-state index in [1.54, 1.807) is 18.2 Å². The van der Waals surface area contributed by atoms with Gasteiger partial charge in [0, 0.05) is 16.3 Å². The molecule has 0 saturated heterocycles. The number of nitrogens with one attached hydrogen (secondary N) is 2.